The topological polar surface area (TPSA) is 54.6 Å². The molecule has 5 heteroatoms. The number of nitrogens with zero attached hydrogens (tertiary/aromatic N) is 2. The quantitative estimate of drug-likeness (QED) is 0.793. The smallest absolute Gasteiger partial charge is 0.342 e. The Morgan fingerprint density at radius 1 is 1.47 bits per heavy atom. The highest BCUT2D eigenvalue weighted by molar-refractivity contribution is 8.04. The molecule has 0 atom stereocenters. The van der Waals surface area contributed by atoms with Crippen molar-refractivity contribution in [2.24, 2.45) is 0 Å². The van der Waals surface area contributed by atoms with Gasteiger partial charge in [-0.05, 0) is 18.2 Å². The van der Waals surface area contributed by atoms with Gasteiger partial charge in [0.1, 0.15) is 10.6 Å². The van der Waals surface area contributed by atoms with Crippen LogP contribution in [0.3, 0.4) is 0 Å². The van der Waals surface area contributed by atoms with Gasteiger partial charge in [-0.25, -0.2) is 9.78 Å². The Labute approximate surface area is 89.2 Å². The zero-order valence-electron chi connectivity index (χ0n) is 7.54. The molecule has 2 aromatic rings. The third kappa shape index (κ3) is 1.16. The molecular formula is C10H6N2O2S. The first-order valence-electron chi connectivity index (χ1n) is 4.35. The molecule has 0 unspecified atom stereocenters. The maximum Gasteiger partial charge on any atom is 0.342 e. The second-order valence-electron chi connectivity index (χ2n) is 3.16. The molecule has 0 saturated carbocycles. The molecule has 0 amide bonds. The Hall–Kier alpha value is -1.75. The predicted molar refractivity (Wildman–Crippen MR) is 56.7 cm³/mol. The van der Waals surface area contributed by atoms with Crippen LogP contribution in [0, 0.1) is 0 Å². The van der Waals surface area contributed by atoms with Gasteiger partial charge in [-0.15, -0.1) is 0 Å². The van der Waals surface area contributed by atoms with Crippen LogP contribution in [0.2, 0.25) is 0 Å². The van der Waals surface area contributed by atoms with E-state index >= 15 is 0 Å². The summed E-state index contributed by atoms with van der Waals surface area (Å²) in [5.74, 6) is -0.899. The maximum atomic E-state index is 10.9. The number of rotatable bonds is 1. The Morgan fingerprint density at radius 3 is 3.13 bits per heavy atom. The van der Waals surface area contributed by atoms with Gasteiger partial charge in [0, 0.05) is 0 Å². The molecule has 0 aromatic carbocycles. The maximum absolute atomic E-state index is 10.9. The molecule has 0 spiro atoms. The second-order valence-corrected chi connectivity index (χ2v) is 4.22. The number of aliphatic carboxylic acids is 1. The number of carbonyl (C=O) groups is 1. The van der Waals surface area contributed by atoms with E-state index in [-0.39, 0.29) is 0 Å². The highest BCUT2D eigenvalue weighted by Gasteiger charge is 2.18. The molecule has 0 saturated heterocycles. The van der Waals surface area contributed by atoms with Gasteiger partial charge in [-0.2, -0.15) is 0 Å². The number of hydrogen-bond donors (Lipinski definition) is 1. The van der Waals surface area contributed by atoms with Crippen molar-refractivity contribution in [2.75, 3.05) is 0 Å². The van der Waals surface area contributed by atoms with Crippen molar-refractivity contribution >= 4 is 29.5 Å². The van der Waals surface area contributed by atoms with Gasteiger partial charge >= 0.3 is 5.97 Å². The van der Waals surface area contributed by atoms with Gasteiger partial charge in [0.15, 0.2) is 0 Å². The molecule has 0 bridgehead atoms. The van der Waals surface area contributed by atoms with Crippen molar-refractivity contribution in [3.05, 3.63) is 35.0 Å². The molecule has 0 fully saturated rings. The van der Waals surface area contributed by atoms with Crippen molar-refractivity contribution in [1.29, 1.82) is 0 Å². The second kappa shape index (κ2) is 2.87. The molecule has 74 valence electrons. The minimum Gasteiger partial charge on any atom is -0.477 e. The number of hydrogen-bond acceptors (Lipinski definition) is 3. The molecule has 0 aliphatic carbocycles. The summed E-state index contributed by atoms with van der Waals surface area (Å²) in [4.78, 5) is 15.4. The standard InChI is InChI=1S/C10H6N2O2S/c13-10(14)7-4-6-5-11-8-2-1-3-9(15-7)12(6)8/h1-5H,(H,13,14). The normalized spacial score (nSPS) is 14.0. The van der Waals surface area contributed by atoms with Crippen LogP contribution in [0.5, 0.6) is 0 Å². The van der Waals surface area contributed by atoms with Crippen molar-refractivity contribution < 1.29 is 9.90 Å². The molecule has 0 radical (unpaired) electrons. The summed E-state index contributed by atoms with van der Waals surface area (Å²) in [6.07, 6.45) is 3.32. The predicted octanol–water partition coefficient (Wildman–Crippen LogP) is 1.87. The van der Waals surface area contributed by atoms with Crippen molar-refractivity contribution in [2.45, 2.75) is 5.03 Å². The fourth-order valence-corrected chi connectivity index (χ4v) is 2.52. The molecule has 1 N–H and O–H groups in total. The molecule has 1 aliphatic rings. The monoisotopic (exact) mass is 218 g/mol. The Balaban J connectivity index is 2.33. The number of thioether (sulfide) groups is 1. The minimum atomic E-state index is -0.899. The van der Waals surface area contributed by atoms with E-state index in [0.717, 1.165) is 16.4 Å². The molecular weight excluding hydrogens is 212 g/mol. The summed E-state index contributed by atoms with van der Waals surface area (Å²) in [5, 5.41) is 9.83. The van der Waals surface area contributed by atoms with Crippen LogP contribution in [-0.2, 0) is 4.79 Å². The Bertz CT molecular complexity index is 600. The zero-order valence-corrected chi connectivity index (χ0v) is 8.36. The van der Waals surface area contributed by atoms with Crippen LogP contribution in [0.4, 0.5) is 0 Å². The number of imidazole rings is 1. The molecule has 15 heavy (non-hydrogen) atoms. The van der Waals surface area contributed by atoms with Gasteiger partial charge in [0.2, 0.25) is 0 Å². The summed E-state index contributed by atoms with van der Waals surface area (Å²) in [7, 11) is 0. The Kier molecular flexibility index (Phi) is 1.63. The summed E-state index contributed by atoms with van der Waals surface area (Å²) < 4.78 is 1.94. The first-order chi connectivity index (χ1) is 7.25. The third-order valence-corrected chi connectivity index (χ3v) is 3.27. The lowest BCUT2D eigenvalue weighted by molar-refractivity contribution is -0.131. The van der Waals surface area contributed by atoms with Gasteiger partial charge in [-0.3, -0.25) is 4.40 Å². The summed E-state index contributed by atoms with van der Waals surface area (Å²) in [6.45, 7) is 0. The van der Waals surface area contributed by atoms with E-state index in [1.54, 1.807) is 12.3 Å². The number of pyridine rings is 1. The van der Waals surface area contributed by atoms with Gasteiger partial charge in [-0.1, -0.05) is 17.8 Å². The van der Waals surface area contributed by atoms with E-state index in [1.165, 1.54) is 11.8 Å². The van der Waals surface area contributed by atoms with E-state index in [2.05, 4.69) is 4.98 Å². The third-order valence-electron chi connectivity index (χ3n) is 2.23. The van der Waals surface area contributed by atoms with E-state index in [9.17, 15) is 4.79 Å². The SMILES string of the molecule is O=C(O)C1=Cc2cnc3cccc(n23)S1. The van der Waals surface area contributed by atoms with Crippen molar-refractivity contribution in [3.8, 4) is 0 Å². The summed E-state index contributed by atoms with van der Waals surface area (Å²) in [5.41, 5.74) is 1.66. The van der Waals surface area contributed by atoms with Crippen LogP contribution in [0.1, 0.15) is 5.69 Å². The molecule has 2 aromatic heterocycles. The molecule has 3 rings (SSSR count). The number of carboxylic acids is 1. The lowest BCUT2D eigenvalue weighted by Gasteiger charge is -2.11. The first kappa shape index (κ1) is 8.55. The van der Waals surface area contributed by atoms with E-state index in [1.807, 2.05) is 22.6 Å². The Morgan fingerprint density at radius 2 is 2.33 bits per heavy atom. The molecule has 1 aliphatic heterocycles. The van der Waals surface area contributed by atoms with Crippen LogP contribution < -0.4 is 0 Å². The largest absolute Gasteiger partial charge is 0.477 e. The highest BCUT2D eigenvalue weighted by atomic mass is 32.2. The lowest BCUT2D eigenvalue weighted by atomic mass is 10.4. The lowest BCUT2D eigenvalue weighted by Crippen LogP contribution is -2.03. The fourth-order valence-electron chi connectivity index (χ4n) is 1.59. The molecule has 4 nitrogen and oxygen atoms in total. The van der Waals surface area contributed by atoms with E-state index in [4.69, 9.17) is 5.11 Å². The number of carboxylic acid groups (broad SMARTS) is 1. The fraction of sp³-hybridized carbons (Fsp3) is 0. The minimum absolute atomic E-state index is 0.329. The first-order valence-corrected chi connectivity index (χ1v) is 5.17. The van der Waals surface area contributed by atoms with Crippen molar-refractivity contribution in [1.82, 2.24) is 9.38 Å². The summed E-state index contributed by atoms with van der Waals surface area (Å²) >= 11 is 1.25. The summed E-state index contributed by atoms with van der Waals surface area (Å²) in [6, 6.07) is 5.66. The van der Waals surface area contributed by atoms with Crippen LogP contribution in [0.15, 0.2) is 34.3 Å². The van der Waals surface area contributed by atoms with Crippen molar-refractivity contribution in [3.63, 3.8) is 0 Å². The van der Waals surface area contributed by atoms with Crippen LogP contribution in [0.25, 0.3) is 11.7 Å². The van der Waals surface area contributed by atoms with Crippen LogP contribution >= 0.6 is 11.8 Å². The van der Waals surface area contributed by atoms with E-state index < -0.39 is 5.97 Å². The van der Waals surface area contributed by atoms with Gasteiger partial charge in [0.25, 0.3) is 0 Å². The van der Waals surface area contributed by atoms with Crippen LogP contribution in [-0.4, -0.2) is 20.5 Å². The van der Waals surface area contributed by atoms with Gasteiger partial charge < -0.3 is 5.11 Å². The van der Waals surface area contributed by atoms with Gasteiger partial charge in [0.05, 0.1) is 16.9 Å². The number of aromatic nitrogens is 2. The zero-order chi connectivity index (χ0) is 10.4. The average molecular weight is 218 g/mol. The molecule has 3 heterocycles. The average Bonchev–Trinajstić information content (AvgIpc) is 2.64. The highest BCUT2D eigenvalue weighted by Crippen LogP contribution is 2.34. The van der Waals surface area contributed by atoms with E-state index in [0.29, 0.717) is 4.91 Å².